The molecule has 1 heterocycles. The average molecular weight is 399 g/mol. The second kappa shape index (κ2) is 7.97. The van der Waals surface area contributed by atoms with Crippen LogP contribution < -0.4 is 5.43 Å². The van der Waals surface area contributed by atoms with Crippen molar-refractivity contribution in [1.82, 2.24) is 20.4 Å². The van der Waals surface area contributed by atoms with E-state index in [1.54, 1.807) is 38.1 Å². The summed E-state index contributed by atoms with van der Waals surface area (Å²) in [6, 6.07) is 12.8. The molecule has 3 aromatic rings. The summed E-state index contributed by atoms with van der Waals surface area (Å²) in [6.07, 6.45) is 0. The van der Waals surface area contributed by atoms with Crippen LogP contribution in [0.1, 0.15) is 28.7 Å². The third kappa shape index (κ3) is 4.04. The van der Waals surface area contributed by atoms with Crippen molar-refractivity contribution in [3.8, 4) is 5.69 Å². The summed E-state index contributed by atoms with van der Waals surface area (Å²) in [5.74, 6) is -0.515. The van der Waals surface area contributed by atoms with Crippen molar-refractivity contribution in [3.63, 3.8) is 0 Å². The maximum atomic E-state index is 12.4. The molecule has 0 atom stereocenters. The first-order valence-corrected chi connectivity index (χ1v) is 8.52. The molecule has 0 bridgehead atoms. The predicted molar refractivity (Wildman–Crippen MR) is 104 cm³/mol. The molecule has 0 aliphatic heterocycles. The zero-order valence-corrected chi connectivity index (χ0v) is 15.7. The number of rotatable bonds is 5. The quantitative estimate of drug-likeness (QED) is 0.402. The molecule has 0 saturated heterocycles. The molecule has 1 N–H and O–H groups in total. The minimum absolute atomic E-state index is 0.0357. The summed E-state index contributed by atoms with van der Waals surface area (Å²) in [5.41, 5.74) is 4.97. The van der Waals surface area contributed by atoms with Gasteiger partial charge >= 0.3 is 0 Å². The zero-order valence-electron chi connectivity index (χ0n) is 15.0. The van der Waals surface area contributed by atoms with Crippen LogP contribution in [0.15, 0.2) is 53.6 Å². The minimum atomic E-state index is -0.515. The number of nitrogens with one attached hydrogen (secondary N) is 1. The van der Waals surface area contributed by atoms with Crippen LogP contribution in [0.4, 0.5) is 5.69 Å². The van der Waals surface area contributed by atoms with Crippen LogP contribution in [0.3, 0.4) is 0 Å². The lowest BCUT2D eigenvalue weighted by Crippen LogP contribution is -2.21. The van der Waals surface area contributed by atoms with E-state index in [9.17, 15) is 14.9 Å². The van der Waals surface area contributed by atoms with Gasteiger partial charge in [0.25, 0.3) is 11.6 Å². The molecule has 0 unspecified atom stereocenters. The maximum Gasteiger partial charge on any atom is 0.293 e. The van der Waals surface area contributed by atoms with Gasteiger partial charge in [0, 0.05) is 17.2 Å². The fourth-order valence-electron chi connectivity index (χ4n) is 2.44. The third-order valence-corrected chi connectivity index (χ3v) is 4.25. The Labute approximate surface area is 164 Å². The van der Waals surface area contributed by atoms with E-state index >= 15 is 0 Å². The molecule has 9 nitrogen and oxygen atoms in total. The number of nitro groups is 1. The van der Waals surface area contributed by atoms with E-state index in [1.165, 1.54) is 28.9 Å². The van der Waals surface area contributed by atoms with Crippen molar-refractivity contribution in [3.05, 3.63) is 80.6 Å². The highest BCUT2D eigenvalue weighted by Crippen LogP contribution is 2.17. The van der Waals surface area contributed by atoms with Gasteiger partial charge in [0.05, 0.1) is 22.0 Å². The maximum absolute atomic E-state index is 12.4. The molecule has 10 heteroatoms. The van der Waals surface area contributed by atoms with Gasteiger partial charge in [0.2, 0.25) is 0 Å². The second-order valence-electron chi connectivity index (χ2n) is 5.85. The predicted octanol–water partition coefficient (Wildman–Crippen LogP) is 3.29. The summed E-state index contributed by atoms with van der Waals surface area (Å²) < 4.78 is 1.43. The first-order chi connectivity index (χ1) is 13.4. The van der Waals surface area contributed by atoms with E-state index in [-0.39, 0.29) is 11.4 Å². The van der Waals surface area contributed by atoms with Gasteiger partial charge in [-0.25, -0.2) is 10.1 Å². The lowest BCUT2D eigenvalue weighted by Gasteiger charge is -2.04. The monoisotopic (exact) mass is 398 g/mol. The van der Waals surface area contributed by atoms with Crippen molar-refractivity contribution < 1.29 is 9.72 Å². The highest BCUT2D eigenvalue weighted by molar-refractivity contribution is 6.30. The number of carbonyl (C=O) groups excluding carboxylic acids is 1. The first-order valence-electron chi connectivity index (χ1n) is 8.14. The molecule has 3 rings (SSSR count). The SMILES string of the molecule is C/C(=N\NC(=O)c1nnn(-c2ccc([N+](=O)[O-])cc2)c1C)c1ccc(Cl)cc1. The number of benzene rings is 2. The van der Waals surface area contributed by atoms with Gasteiger partial charge in [-0.15, -0.1) is 5.10 Å². The Morgan fingerprint density at radius 1 is 1.18 bits per heavy atom. The smallest absolute Gasteiger partial charge is 0.265 e. The van der Waals surface area contributed by atoms with Gasteiger partial charge < -0.3 is 0 Å². The van der Waals surface area contributed by atoms with Gasteiger partial charge in [0.15, 0.2) is 5.69 Å². The summed E-state index contributed by atoms with van der Waals surface area (Å²) in [6.45, 7) is 3.43. The van der Waals surface area contributed by atoms with Crippen molar-refractivity contribution in [2.45, 2.75) is 13.8 Å². The topological polar surface area (TPSA) is 115 Å². The van der Waals surface area contributed by atoms with Crippen LogP contribution in [-0.2, 0) is 0 Å². The summed E-state index contributed by atoms with van der Waals surface area (Å²) in [7, 11) is 0. The van der Waals surface area contributed by atoms with E-state index in [4.69, 9.17) is 11.6 Å². The number of halogens is 1. The van der Waals surface area contributed by atoms with E-state index < -0.39 is 10.8 Å². The van der Waals surface area contributed by atoms with Gasteiger partial charge in [-0.1, -0.05) is 28.9 Å². The second-order valence-corrected chi connectivity index (χ2v) is 6.29. The molecular weight excluding hydrogens is 384 g/mol. The zero-order chi connectivity index (χ0) is 20.3. The number of nitro benzene ring substituents is 1. The summed E-state index contributed by atoms with van der Waals surface area (Å²) in [5, 5.41) is 23.3. The molecule has 0 radical (unpaired) electrons. The van der Waals surface area contributed by atoms with Crippen molar-refractivity contribution in [2.75, 3.05) is 0 Å². The Bertz CT molecular complexity index is 1060. The number of hydrogen-bond donors (Lipinski definition) is 1. The Hall–Kier alpha value is -3.59. The fraction of sp³-hybridized carbons (Fsp3) is 0.111. The standard InChI is InChI=1S/C18H15ClN6O3/c1-11(13-3-5-14(19)6-4-13)20-22-18(26)17-12(2)24(23-21-17)15-7-9-16(10-8-15)25(27)28/h3-10H,1-2H3,(H,22,26)/b20-11+. The van der Waals surface area contributed by atoms with Crippen molar-refractivity contribution in [2.24, 2.45) is 5.10 Å². The molecular formula is C18H15ClN6O3. The number of hydrazone groups is 1. The minimum Gasteiger partial charge on any atom is -0.265 e. The van der Waals surface area contributed by atoms with E-state index in [0.717, 1.165) is 5.56 Å². The average Bonchev–Trinajstić information content (AvgIpc) is 3.08. The van der Waals surface area contributed by atoms with Gasteiger partial charge in [-0.2, -0.15) is 5.10 Å². The lowest BCUT2D eigenvalue weighted by molar-refractivity contribution is -0.384. The molecule has 2 aromatic carbocycles. The lowest BCUT2D eigenvalue weighted by atomic mass is 10.1. The van der Waals surface area contributed by atoms with E-state index in [1.807, 2.05) is 0 Å². The highest BCUT2D eigenvalue weighted by Gasteiger charge is 2.17. The van der Waals surface area contributed by atoms with Gasteiger partial charge in [0.1, 0.15) is 0 Å². The van der Waals surface area contributed by atoms with Crippen LogP contribution in [0.25, 0.3) is 5.69 Å². The molecule has 0 saturated carbocycles. The highest BCUT2D eigenvalue weighted by atomic mass is 35.5. The number of nitrogens with zero attached hydrogens (tertiary/aromatic N) is 5. The Morgan fingerprint density at radius 2 is 1.82 bits per heavy atom. The van der Waals surface area contributed by atoms with Crippen LogP contribution >= 0.6 is 11.6 Å². The number of hydrogen-bond acceptors (Lipinski definition) is 6. The van der Waals surface area contributed by atoms with Crippen LogP contribution in [0.2, 0.25) is 5.02 Å². The number of aromatic nitrogens is 3. The molecule has 0 aliphatic carbocycles. The van der Waals surface area contributed by atoms with Crippen LogP contribution in [0.5, 0.6) is 0 Å². The first kappa shape index (κ1) is 19.2. The number of amides is 1. The van der Waals surface area contributed by atoms with Crippen molar-refractivity contribution in [1.29, 1.82) is 0 Å². The number of non-ortho nitro benzene ring substituents is 1. The Balaban J connectivity index is 1.77. The molecule has 1 amide bonds. The fourth-order valence-corrected chi connectivity index (χ4v) is 2.57. The summed E-state index contributed by atoms with van der Waals surface area (Å²) >= 11 is 5.86. The third-order valence-electron chi connectivity index (χ3n) is 4.00. The van der Waals surface area contributed by atoms with Crippen LogP contribution in [0, 0.1) is 17.0 Å². The molecule has 0 spiro atoms. The molecule has 142 valence electrons. The van der Waals surface area contributed by atoms with Gasteiger partial charge in [-0.05, 0) is 43.7 Å². The molecule has 0 fully saturated rings. The van der Waals surface area contributed by atoms with Crippen LogP contribution in [-0.4, -0.2) is 31.5 Å². The molecule has 28 heavy (non-hydrogen) atoms. The normalized spacial score (nSPS) is 11.3. The van der Waals surface area contributed by atoms with E-state index in [0.29, 0.717) is 22.1 Å². The molecule has 1 aromatic heterocycles. The summed E-state index contributed by atoms with van der Waals surface area (Å²) in [4.78, 5) is 22.7. The Morgan fingerprint density at radius 3 is 2.43 bits per heavy atom. The largest absolute Gasteiger partial charge is 0.293 e. The van der Waals surface area contributed by atoms with E-state index in [2.05, 4.69) is 20.8 Å². The molecule has 0 aliphatic rings. The number of carbonyl (C=O) groups is 1. The van der Waals surface area contributed by atoms with Gasteiger partial charge in [-0.3, -0.25) is 14.9 Å². The van der Waals surface area contributed by atoms with Crippen molar-refractivity contribution >= 4 is 28.9 Å². The Kier molecular flexibility index (Phi) is 5.46.